The van der Waals surface area contributed by atoms with E-state index in [0.29, 0.717) is 19.3 Å². The Hall–Kier alpha value is -5.09. The minimum atomic E-state index is -4.95. The maximum atomic E-state index is 13.1. The average molecular weight is 1730 g/mol. The number of phosphoric acid groups is 2. The maximum Gasteiger partial charge on any atom is 0.472 e. The molecule has 0 rings (SSSR count). The van der Waals surface area contributed by atoms with Gasteiger partial charge >= 0.3 is 33.6 Å². The van der Waals surface area contributed by atoms with Gasteiger partial charge in [-0.2, -0.15) is 0 Å². The van der Waals surface area contributed by atoms with E-state index in [1.165, 1.54) is 180 Å². The van der Waals surface area contributed by atoms with Gasteiger partial charge in [0.25, 0.3) is 0 Å². The van der Waals surface area contributed by atoms with Gasteiger partial charge in [-0.05, 0) is 154 Å². The van der Waals surface area contributed by atoms with E-state index in [1.807, 2.05) is 0 Å². The Balaban J connectivity index is 4.62. The van der Waals surface area contributed by atoms with E-state index in [2.05, 4.69) is 191 Å². The van der Waals surface area contributed by atoms with E-state index in [9.17, 15) is 43.5 Å². The number of carbonyl (C=O) groups excluding carboxylic acids is 3. The summed E-state index contributed by atoms with van der Waals surface area (Å²) < 4.78 is 61.6. The fourth-order valence-electron chi connectivity index (χ4n) is 13.1. The van der Waals surface area contributed by atoms with E-state index in [-0.39, 0.29) is 19.3 Å². The second kappa shape index (κ2) is 94.1. The first-order valence-electron chi connectivity index (χ1n) is 48.4. The van der Waals surface area contributed by atoms with Crippen LogP contribution in [-0.2, 0) is 55.8 Å². The first kappa shape index (κ1) is 116. The highest BCUT2D eigenvalue weighted by atomic mass is 31.2. The summed E-state index contributed by atoms with van der Waals surface area (Å²) in [5, 5.41) is 20.8. The fourth-order valence-corrected chi connectivity index (χ4v) is 14.7. The van der Waals surface area contributed by atoms with Crippen LogP contribution in [-0.4, -0.2) is 95.9 Å². The molecule has 694 valence electrons. The lowest BCUT2D eigenvalue weighted by molar-refractivity contribution is -0.161. The number of esters is 3. The fraction of sp³-hybridized carbons (Fsp3) is 0.699. The summed E-state index contributed by atoms with van der Waals surface area (Å²) in [6.07, 6.45) is 123. The molecule has 4 N–H and O–H groups in total. The Morgan fingerprint density at radius 1 is 0.240 bits per heavy atom. The standard InChI is InChI=1S/C103H176O16P2/c1-4-7-10-13-16-19-22-25-28-31-34-37-40-43-45-47-48-50-52-54-56-59-62-65-68-71-74-77-80-83-86-89-101(106)113-92-98(104)93-115-120(109,110)116-94-99(105)95-117-121(111,112)118-97-100(119-103(108)91-88-85-82-79-76-73-70-67-64-61-58-53-42-39-36-33-30-27-24-21-18-15-12-9-6-3)96-114-102(107)90-87-84-81-78-75-72-69-66-63-60-57-55-51-49-46-44-41-38-35-32-29-26-23-20-17-14-11-8-5-2/h8-9,11-12,16-21,25-30,34-39,43-46,53,58,98-100,104-105H,4-7,10,13-15,22-24,31-33,40-42,47-52,54-57,59-97H2,1-3H3,(H,109,110)(H,111,112)/b11-8-,12-9-,19-16-,20-17-,21-18-,28-25-,29-26-,30-27-,37-34-,38-35-,39-36-,45-43-,46-44-,58-53-. The molecule has 0 aliphatic rings. The number of allylic oxidation sites excluding steroid dienone is 28. The van der Waals surface area contributed by atoms with Crippen molar-refractivity contribution in [2.24, 2.45) is 0 Å². The van der Waals surface area contributed by atoms with Gasteiger partial charge in [0.15, 0.2) is 6.10 Å². The number of hydrogen-bond acceptors (Lipinski definition) is 14. The molecule has 0 saturated carbocycles. The molecule has 0 spiro atoms. The molecule has 0 aliphatic carbocycles. The van der Waals surface area contributed by atoms with E-state index >= 15 is 0 Å². The number of ether oxygens (including phenoxy) is 3. The zero-order valence-electron chi connectivity index (χ0n) is 76.6. The Morgan fingerprint density at radius 3 is 0.694 bits per heavy atom. The summed E-state index contributed by atoms with van der Waals surface area (Å²) in [6, 6.07) is 0. The summed E-state index contributed by atoms with van der Waals surface area (Å²) in [7, 11) is -9.82. The van der Waals surface area contributed by atoms with Crippen molar-refractivity contribution in [3.8, 4) is 0 Å². The highest BCUT2D eigenvalue weighted by molar-refractivity contribution is 7.47. The van der Waals surface area contributed by atoms with Crippen molar-refractivity contribution in [3.05, 3.63) is 170 Å². The number of hydrogen-bond donors (Lipinski definition) is 4. The Morgan fingerprint density at radius 2 is 0.438 bits per heavy atom. The van der Waals surface area contributed by atoms with Gasteiger partial charge in [0.1, 0.15) is 25.4 Å². The summed E-state index contributed by atoms with van der Waals surface area (Å²) in [5.41, 5.74) is 0. The zero-order valence-corrected chi connectivity index (χ0v) is 78.4. The van der Waals surface area contributed by atoms with Gasteiger partial charge in [0.2, 0.25) is 0 Å². The molecule has 0 amide bonds. The smallest absolute Gasteiger partial charge is 0.463 e. The summed E-state index contributed by atoms with van der Waals surface area (Å²) in [6.45, 7) is 2.48. The summed E-state index contributed by atoms with van der Waals surface area (Å²) >= 11 is 0. The first-order valence-corrected chi connectivity index (χ1v) is 51.4. The number of carbonyl (C=O) groups is 3. The molecule has 0 saturated heterocycles. The summed E-state index contributed by atoms with van der Waals surface area (Å²) in [4.78, 5) is 59.1. The van der Waals surface area contributed by atoms with Crippen LogP contribution in [0.25, 0.3) is 0 Å². The largest absolute Gasteiger partial charge is 0.472 e. The Kier molecular flexibility index (Phi) is 90.1. The average Bonchev–Trinajstić information content (AvgIpc) is 0.873. The molecular weight excluding hydrogens is 1560 g/mol. The second-order valence-electron chi connectivity index (χ2n) is 32.1. The molecule has 18 heteroatoms. The molecule has 5 unspecified atom stereocenters. The molecule has 0 heterocycles. The van der Waals surface area contributed by atoms with Gasteiger partial charge in [-0.3, -0.25) is 32.5 Å². The highest BCUT2D eigenvalue weighted by Gasteiger charge is 2.30. The second-order valence-corrected chi connectivity index (χ2v) is 35.0. The molecule has 0 aromatic heterocycles. The molecule has 0 bridgehead atoms. The third kappa shape index (κ3) is 95.4. The lowest BCUT2D eigenvalue weighted by Crippen LogP contribution is -2.30. The zero-order chi connectivity index (χ0) is 87.9. The molecule has 0 radical (unpaired) electrons. The van der Waals surface area contributed by atoms with Crippen molar-refractivity contribution >= 4 is 33.6 Å². The van der Waals surface area contributed by atoms with Crippen molar-refractivity contribution in [1.82, 2.24) is 0 Å². The van der Waals surface area contributed by atoms with Gasteiger partial charge in [0.05, 0.1) is 26.4 Å². The van der Waals surface area contributed by atoms with Gasteiger partial charge in [0, 0.05) is 19.3 Å². The molecule has 121 heavy (non-hydrogen) atoms. The van der Waals surface area contributed by atoms with Gasteiger partial charge in [-0.1, -0.05) is 403 Å². The van der Waals surface area contributed by atoms with Gasteiger partial charge in [-0.15, -0.1) is 0 Å². The monoisotopic (exact) mass is 1730 g/mol. The number of unbranched alkanes of at least 4 members (excludes halogenated alkanes) is 40. The van der Waals surface area contributed by atoms with E-state index in [0.717, 1.165) is 167 Å². The van der Waals surface area contributed by atoms with Crippen molar-refractivity contribution < 1.29 is 75.8 Å². The quantitative estimate of drug-likeness (QED) is 0.0146. The molecule has 16 nitrogen and oxygen atoms in total. The van der Waals surface area contributed by atoms with E-state index < -0.39 is 91.5 Å². The van der Waals surface area contributed by atoms with Crippen LogP contribution in [0.3, 0.4) is 0 Å². The van der Waals surface area contributed by atoms with Gasteiger partial charge in [-0.25, -0.2) is 9.13 Å². The minimum Gasteiger partial charge on any atom is -0.463 e. The van der Waals surface area contributed by atoms with Crippen LogP contribution >= 0.6 is 15.6 Å². The Labute approximate surface area is 739 Å². The van der Waals surface area contributed by atoms with Crippen LogP contribution in [0.5, 0.6) is 0 Å². The molecule has 5 atom stereocenters. The molecular formula is C103H176O16P2. The number of rotatable bonds is 91. The number of aliphatic hydroxyl groups excluding tert-OH is 2. The third-order valence-electron chi connectivity index (χ3n) is 20.4. The normalized spacial score (nSPS) is 14.5. The predicted molar refractivity (Wildman–Crippen MR) is 509 cm³/mol. The molecule has 0 aromatic rings. The van der Waals surface area contributed by atoms with Crippen molar-refractivity contribution in [2.75, 3.05) is 39.6 Å². The van der Waals surface area contributed by atoms with Crippen molar-refractivity contribution in [3.63, 3.8) is 0 Å². The first-order chi connectivity index (χ1) is 59.2. The molecule has 0 aromatic carbocycles. The van der Waals surface area contributed by atoms with Crippen molar-refractivity contribution in [1.29, 1.82) is 0 Å². The number of phosphoric ester groups is 2. The number of aliphatic hydroxyl groups is 2. The van der Waals surface area contributed by atoms with Crippen LogP contribution < -0.4 is 0 Å². The summed E-state index contributed by atoms with van der Waals surface area (Å²) in [5.74, 6) is -1.57. The lowest BCUT2D eigenvalue weighted by atomic mass is 10.0. The van der Waals surface area contributed by atoms with Crippen molar-refractivity contribution in [2.45, 2.75) is 424 Å². The van der Waals surface area contributed by atoms with Crippen LogP contribution in [0.2, 0.25) is 0 Å². The van der Waals surface area contributed by atoms with E-state index in [4.69, 9.17) is 32.3 Å². The topological polar surface area (TPSA) is 231 Å². The molecule has 0 aliphatic heterocycles. The van der Waals surface area contributed by atoms with Crippen LogP contribution in [0, 0.1) is 0 Å². The van der Waals surface area contributed by atoms with Gasteiger partial charge < -0.3 is 34.2 Å². The third-order valence-corrected chi connectivity index (χ3v) is 22.3. The Bertz CT molecular complexity index is 2880. The van der Waals surface area contributed by atoms with E-state index in [1.54, 1.807) is 0 Å². The highest BCUT2D eigenvalue weighted by Crippen LogP contribution is 2.45. The van der Waals surface area contributed by atoms with Crippen LogP contribution in [0.4, 0.5) is 0 Å². The van der Waals surface area contributed by atoms with Crippen LogP contribution in [0.15, 0.2) is 170 Å². The van der Waals surface area contributed by atoms with Crippen LogP contribution in [0.1, 0.15) is 406 Å². The minimum absolute atomic E-state index is 0.0928. The predicted octanol–water partition coefficient (Wildman–Crippen LogP) is 30.2. The lowest BCUT2D eigenvalue weighted by Gasteiger charge is -2.21. The maximum absolute atomic E-state index is 13.1. The molecule has 0 fully saturated rings. The SMILES string of the molecule is CC/C=C\C/C=C\C/C=C\C/C=C\C/C=C\CCCCCCCCCCCCCCCC(=O)OCC(COP(=O)(O)OCC(O)COP(=O)(O)OCC(O)COC(=O)CCCCCCCCCCCCCCCCC/C=C\C/C=C\C/C=C\C/C=C\CCCCC)OC(=O)CCCCCCCCCCC/C=C\C/C=C\C/C=C\C/C=C\C/C=C\CC.